The molecule has 4 heterocycles. The number of carbonyl (C=O) groups is 1. The molecule has 7 heteroatoms. The van der Waals surface area contributed by atoms with E-state index in [9.17, 15) is 4.79 Å². The van der Waals surface area contributed by atoms with Crippen molar-refractivity contribution >= 4 is 22.2 Å². The number of furan rings is 1. The molecule has 3 aromatic heterocycles. The van der Waals surface area contributed by atoms with Crippen LogP contribution in [0, 0.1) is 19.8 Å². The maximum absolute atomic E-state index is 12.2. The molecular formula is C21H28N4O2S. The second kappa shape index (κ2) is 8.49. The van der Waals surface area contributed by atoms with Crippen LogP contribution >= 0.6 is 11.3 Å². The standard InChI is InChI=1S/C21H28N4O2S/c1-15-5-7-18(27-15)12-22-20(26)8-6-17-4-3-9-24(13-17)14-19-16(2)23-21-25(19)10-11-28-21/h5,7,10-11,17H,3-4,6,8-9,12-14H2,1-2H3,(H,22,26)/t17-/m0/s1. The van der Waals surface area contributed by atoms with Crippen LogP contribution in [0.3, 0.4) is 0 Å². The van der Waals surface area contributed by atoms with Crippen molar-refractivity contribution in [3.05, 3.63) is 46.6 Å². The Hall–Kier alpha value is -2.12. The SMILES string of the molecule is Cc1ccc(CNC(=O)CC[C@@H]2CCCN(Cc3c(C)nc4sccn34)C2)o1. The lowest BCUT2D eigenvalue weighted by Gasteiger charge is -2.32. The largest absolute Gasteiger partial charge is 0.465 e. The second-order valence-corrected chi connectivity index (χ2v) is 8.64. The second-order valence-electron chi connectivity index (χ2n) is 7.77. The van der Waals surface area contributed by atoms with Crippen molar-refractivity contribution in [3.8, 4) is 0 Å². The van der Waals surface area contributed by atoms with Crippen LogP contribution in [-0.2, 0) is 17.9 Å². The number of hydrogen-bond acceptors (Lipinski definition) is 5. The lowest BCUT2D eigenvalue weighted by Crippen LogP contribution is -2.36. The van der Waals surface area contributed by atoms with E-state index in [1.54, 1.807) is 11.3 Å². The van der Waals surface area contributed by atoms with Crippen molar-refractivity contribution in [3.63, 3.8) is 0 Å². The van der Waals surface area contributed by atoms with E-state index in [1.807, 2.05) is 19.1 Å². The zero-order valence-electron chi connectivity index (χ0n) is 16.6. The molecule has 3 aromatic rings. The summed E-state index contributed by atoms with van der Waals surface area (Å²) >= 11 is 1.68. The number of carbonyl (C=O) groups excluding carboxylic acids is 1. The first-order valence-corrected chi connectivity index (χ1v) is 10.9. The van der Waals surface area contributed by atoms with E-state index in [0.717, 1.165) is 48.2 Å². The van der Waals surface area contributed by atoms with Gasteiger partial charge in [0.25, 0.3) is 0 Å². The molecular weight excluding hydrogens is 372 g/mol. The van der Waals surface area contributed by atoms with E-state index in [-0.39, 0.29) is 5.91 Å². The zero-order valence-corrected chi connectivity index (χ0v) is 17.4. The van der Waals surface area contributed by atoms with Gasteiger partial charge in [-0.1, -0.05) is 0 Å². The summed E-state index contributed by atoms with van der Waals surface area (Å²) in [6.45, 7) is 7.60. The minimum atomic E-state index is 0.109. The van der Waals surface area contributed by atoms with Crippen molar-refractivity contribution < 1.29 is 9.21 Å². The number of aryl methyl sites for hydroxylation is 2. The van der Waals surface area contributed by atoms with Gasteiger partial charge in [0.05, 0.1) is 17.9 Å². The highest BCUT2D eigenvalue weighted by Gasteiger charge is 2.22. The molecule has 0 unspecified atom stereocenters. The quantitative estimate of drug-likeness (QED) is 0.653. The van der Waals surface area contributed by atoms with E-state index in [0.29, 0.717) is 18.9 Å². The van der Waals surface area contributed by atoms with Gasteiger partial charge in [0, 0.05) is 31.1 Å². The van der Waals surface area contributed by atoms with E-state index in [2.05, 4.69) is 38.1 Å². The Kier molecular flexibility index (Phi) is 5.82. The molecule has 6 nitrogen and oxygen atoms in total. The minimum Gasteiger partial charge on any atom is -0.465 e. The first-order valence-electron chi connectivity index (χ1n) is 10.0. The molecule has 1 atom stereocenters. The van der Waals surface area contributed by atoms with Gasteiger partial charge in [0.2, 0.25) is 5.91 Å². The van der Waals surface area contributed by atoms with Crippen molar-refractivity contribution in [2.75, 3.05) is 13.1 Å². The predicted molar refractivity (Wildman–Crippen MR) is 110 cm³/mol. The number of thiazole rings is 1. The average Bonchev–Trinajstić information content (AvgIpc) is 3.37. The molecule has 1 aliphatic heterocycles. The number of likely N-dealkylation sites (tertiary alicyclic amines) is 1. The highest BCUT2D eigenvalue weighted by molar-refractivity contribution is 7.15. The zero-order chi connectivity index (χ0) is 19.5. The summed E-state index contributed by atoms with van der Waals surface area (Å²) in [5, 5.41) is 5.06. The highest BCUT2D eigenvalue weighted by atomic mass is 32.1. The Morgan fingerprint density at radius 3 is 3.11 bits per heavy atom. The van der Waals surface area contributed by atoms with Crippen LogP contribution in [0.15, 0.2) is 28.1 Å². The Morgan fingerprint density at radius 1 is 1.39 bits per heavy atom. The van der Waals surface area contributed by atoms with Gasteiger partial charge in [0.1, 0.15) is 11.5 Å². The lowest BCUT2D eigenvalue weighted by molar-refractivity contribution is -0.121. The third kappa shape index (κ3) is 4.47. The van der Waals surface area contributed by atoms with Crippen molar-refractivity contribution in [1.29, 1.82) is 0 Å². The van der Waals surface area contributed by atoms with Crippen LogP contribution in [-0.4, -0.2) is 33.3 Å². The topological polar surface area (TPSA) is 62.8 Å². The number of nitrogens with zero attached hydrogens (tertiary/aromatic N) is 3. The average molecular weight is 401 g/mol. The molecule has 0 spiro atoms. The van der Waals surface area contributed by atoms with Gasteiger partial charge >= 0.3 is 0 Å². The van der Waals surface area contributed by atoms with E-state index in [1.165, 1.54) is 18.5 Å². The summed E-state index contributed by atoms with van der Waals surface area (Å²) in [5.41, 5.74) is 2.42. The Balaban J connectivity index is 1.25. The van der Waals surface area contributed by atoms with Crippen LogP contribution in [0.25, 0.3) is 4.96 Å². The minimum absolute atomic E-state index is 0.109. The maximum atomic E-state index is 12.2. The molecule has 0 aromatic carbocycles. The van der Waals surface area contributed by atoms with Gasteiger partial charge in [-0.2, -0.15) is 0 Å². The fourth-order valence-corrected chi connectivity index (χ4v) is 4.84. The van der Waals surface area contributed by atoms with Crippen molar-refractivity contribution in [1.82, 2.24) is 19.6 Å². The van der Waals surface area contributed by atoms with Gasteiger partial charge in [-0.25, -0.2) is 4.98 Å². The molecule has 0 saturated carbocycles. The number of fused-ring (bicyclic) bond motifs is 1. The summed E-state index contributed by atoms with van der Waals surface area (Å²) < 4.78 is 7.71. The fraction of sp³-hybridized carbons (Fsp3) is 0.524. The van der Waals surface area contributed by atoms with Crippen LogP contribution in [0.5, 0.6) is 0 Å². The molecule has 1 amide bonds. The normalized spacial score (nSPS) is 18.0. The Labute approximate surface area is 169 Å². The summed E-state index contributed by atoms with van der Waals surface area (Å²) in [4.78, 5) is 20.4. The molecule has 0 bridgehead atoms. The van der Waals surface area contributed by atoms with Crippen LogP contribution < -0.4 is 5.32 Å². The summed E-state index contributed by atoms with van der Waals surface area (Å²) in [7, 11) is 0. The number of nitrogens with one attached hydrogen (secondary N) is 1. The van der Waals surface area contributed by atoms with E-state index < -0.39 is 0 Å². The number of rotatable bonds is 7. The van der Waals surface area contributed by atoms with Crippen LogP contribution in [0.1, 0.15) is 48.6 Å². The summed E-state index contributed by atoms with van der Waals surface area (Å²) in [6.07, 6.45) is 6.04. The summed E-state index contributed by atoms with van der Waals surface area (Å²) in [6, 6.07) is 3.84. The molecule has 150 valence electrons. The smallest absolute Gasteiger partial charge is 0.220 e. The van der Waals surface area contributed by atoms with E-state index in [4.69, 9.17) is 4.42 Å². The van der Waals surface area contributed by atoms with Crippen molar-refractivity contribution in [2.45, 2.75) is 52.6 Å². The first-order chi connectivity index (χ1) is 13.6. The number of amides is 1. The Bertz CT molecular complexity index is 941. The number of hydrogen-bond donors (Lipinski definition) is 1. The molecule has 1 saturated heterocycles. The Morgan fingerprint density at radius 2 is 2.29 bits per heavy atom. The molecule has 28 heavy (non-hydrogen) atoms. The van der Waals surface area contributed by atoms with E-state index >= 15 is 0 Å². The lowest BCUT2D eigenvalue weighted by atomic mass is 9.93. The van der Waals surface area contributed by atoms with Gasteiger partial charge in [-0.15, -0.1) is 11.3 Å². The van der Waals surface area contributed by atoms with Gasteiger partial charge in [-0.05, 0) is 57.7 Å². The summed E-state index contributed by atoms with van der Waals surface area (Å²) in [5.74, 6) is 2.37. The van der Waals surface area contributed by atoms with Crippen LogP contribution in [0.4, 0.5) is 0 Å². The van der Waals surface area contributed by atoms with Gasteiger partial charge in [-0.3, -0.25) is 14.1 Å². The van der Waals surface area contributed by atoms with Crippen molar-refractivity contribution in [2.24, 2.45) is 5.92 Å². The van der Waals surface area contributed by atoms with Crippen LogP contribution in [0.2, 0.25) is 0 Å². The molecule has 0 aliphatic carbocycles. The molecule has 1 aliphatic rings. The highest BCUT2D eigenvalue weighted by Crippen LogP contribution is 2.24. The third-order valence-electron chi connectivity index (χ3n) is 5.57. The number of aromatic nitrogens is 2. The molecule has 1 N–H and O–H groups in total. The number of imidazole rings is 1. The maximum Gasteiger partial charge on any atom is 0.220 e. The molecule has 4 rings (SSSR count). The fourth-order valence-electron chi connectivity index (χ4n) is 4.06. The van der Waals surface area contributed by atoms with Gasteiger partial charge in [0.15, 0.2) is 4.96 Å². The predicted octanol–water partition coefficient (Wildman–Crippen LogP) is 3.91. The van der Waals surface area contributed by atoms with Gasteiger partial charge < -0.3 is 9.73 Å². The molecule has 1 fully saturated rings. The monoisotopic (exact) mass is 400 g/mol. The number of piperidine rings is 1. The first kappa shape index (κ1) is 19.2. The third-order valence-corrected chi connectivity index (χ3v) is 6.33. The molecule has 0 radical (unpaired) electrons.